The van der Waals surface area contributed by atoms with Crippen LogP contribution in [0.5, 0.6) is 5.75 Å². The van der Waals surface area contributed by atoms with E-state index in [9.17, 15) is 4.79 Å². The van der Waals surface area contributed by atoms with E-state index in [2.05, 4.69) is 46.5 Å². The van der Waals surface area contributed by atoms with Crippen molar-refractivity contribution in [3.05, 3.63) is 70.4 Å². The van der Waals surface area contributed by atoms with Crippen LogP contribution in [-0.4, -0.2) is 31.4 Å². The van der Waals surface area contributed by atoms with Crippen molar-refractivity contribution in [1.82, 2.24) is 19.7 Å². The molecule has 0 unspecified atom stereocenters. The lowest BCUT2D eigenvalue weighted by molar-refractivity contribution is -0.113. The van der Waals surface area contributed by atoms with Crippen LogP contribution in [0.1, 0.15) is 22.5 Å². The van der Waals surface area contributed by atoms with Gasteiger partial charge in [-0.1, -0.05) is 36.0 Å². The molecule has 0 radical (unpaired) electrons. The summed E-state index contributed by atoms with van der Waals surface area (Å²) < 4.78 is 7.65. The first-order valence-electron chi connectivity index (χ1n) is 10.4. The van der Waals surface area contributed by atoms with E-state index in [0.29, 0.717) is 22.7 Å². The summed E-state index contributed by atoms with van der Waals surface area (Å²) in [5, 5.41) is 14.4. The molecule has 170 valence electrons. The third kappa shape index (κ3) is 5.80. The van der Waals surface area contributed by atoms with Gasteiger partial charge in [0.25, 0.3) is 0 Å². The number of thiazole rings is 1. The van der Waals surface area contributed by atoms with Gasteiger partial charge < -0.3 is 14.6 Å². The number of amides is 1. The number of aryl methyl sites for hydroxylation is 3. The second-order valence-electron chi connectivity index (χ2n) is 7.74. The Balaban J connectivity index is 1.30. The Morgan fingerprint density at radius 3 is 2.76 bits per heavy atom. The molecule has 1 N–H and O–H groups in total. The molecule has 2 heterocycles. The summed E-state index contributed by atoms with van der Waals surface area (Å²) in [5.74, 6) is 1.55. The molecule has 7 nitrogen and oxygen atoms in total. The fourth-order valence-corrected chi connectivity index (χ4v) is 4.57. The Morgan fingerprint density at radius 2 is 1.97 bits per heavy atom. The van der Waals surface area contributed by atoms with Gasteiger partial charge in [0, 0.05) is 18.0 Å². The number of benzene rings is 2. The highest BCUT2D eigenvalue weighted by molar-refractivity contribution is 7.99. The molecule has 4 rings (SSSR count). The average Bonchev–Trinajstić information content (AvgIpc) is 3.39. The molecule has 0 fully saturated rings. The van der Waals surface area contributed by atoms with Crippen LogP contribution >= 0.6 is 23.1 Å². The molecule has 0 saturated carbocycles. The summed E-state index contributed by atoms with van der Waals surface area (Å²) in [6, 6.07) is 14.1. The SMILES string of the molecule is Cc1cccc(OCc2nnc(SCC(=O)Nc3nc(-c4ccc(C)c(C)c4)cs3)n2C)c1. The zero-order valence-electron chi connectivity index (χ0n) is 19.0. The predicted molar refractivity (Wildman–Crippen MR) is 133 cm³/mol. The highest BCUT2D eigenvalue weighted by atomic mass is 32.2. The lowest BCUT2D eigenvalue weighted by atomic mass is 10.1. The molecule has 0 aliphatic heterocycles. The van der Waals surface area contributed by atoms with Gasteiger partial charge >= 0.3 is 0 Å². The van der Waals surface area contributed by atoms with Crippen molar-refractivity contribution in [1.29, 1.82) is 0 Å². The van der Waals surface area contributed by atoms with Crippen molar-refractivity contribution >= 4 is 34.1 Å². The van der Waals surface area contributed by atoms with Crippen molar-refractivity contribution in [3.63, 3.8) is 0 Å². The maximum Gasteiger partial charge on any atom is 0.236 e. The third-order valence-electron chi connectivity index (χ3n) is 5.17. The van der Waals surface area contributed by atoms with Crippen LogP contribution < -0.4 is 10.1 Å². The lowest BCUT2D eigenvalue weighted by Gasteiger charge is -2.07. The van der Waals surface area contributed by atoms with E-state index >= 15 is 0 Å². The van der Waals surface area contributed by atoms with Crippen LogP contribution in [0, 0.1) is 20.8 Å². The lowest BCUT2D eigenvalue weighted by Crippen LogP contribution is -2.14. The number of carbonyl (C=O) groups excluding carboxylic acids is 1. The topological polar surface area (TPSA) is 81.9 Å². The standard InChI is InChI=1S/C24H25N5O2S2/c1-15-6-5-7-19(10-15)31-12-21-27-28-24(29(21)4)33-14-22(30)26-23-25-20(13-32-23)18-9-8-16(2)17(3)11-18/h5-11,13H,12,14H2,1-4H3,(H,25,26,30). The van der Waals surface area contributed by atoms with E-state index in [1.54, 1.807) is 0 Å². The molecule has 2 aromatic heterocycles. The largest absolute Gasteiger partial charge is 0.486 e. The Bertz CT molecular complexity index is 1280. The second kappa shape index (κ2) is 10.2. The Hall–Kier alpha value is -3.17. The van der Waals surface area contributed by atoms with E-state index in [1.165, 1.54) is 34.2 Å². The van der Waals surface area contributed by atoms with E-state index in [1.807, 2.05) is 54.3 Å². The number of hydrogen-bond donors (Lipinski definition) is 1. The summed E-state index contributed by atoms with van der Waals surface area (Å²) >= 11 is 2.74. The molecule has 0 aliphatic rings. The van der Waals surface area contributed by atoms with Crippen molar-refractivity contribution < 1.29 is 9.53 Å². The zero-order valence-corrected chi connectivity index (χ0v) is 20.6. The van der Waals surface area contributed by atoms with Crippen LogP contribution in [0.2, 0.25) is 0 Å². The molecular weight excluding hydrogens is 454 g/mol. The molecule has 0 atom stereocenters. The first-order valence-corrected chi connectivity index (χ1v) is 12.3. The number of hydrogen-bond acceptors (Lipinski definition) is 7. The van der Waals surface area contributed by atoms with Gasteiger partial charge in [-0.2, -0.15) is 0 Å². The minimum Gasteiger partial charge on any atom is -0.486 e. The van der Waals surface area contributed by atoms with Gasteiger partial charge in [-0.15, -0.1) is 21.5 Å². The van der Waals surface area contributed by atoms with Gasteiger partial charge in [0.15, 0.2) is 16.1 Å². The predicted octanol–water partition coefficient (Wildman–Crippen LogP) is 5.17. The molecule has 4 aromatic rings. The molecular formula is C24H25N5O2S2. The van der Waals surface area contributed by atoms with Gasteiger partial charge in [0.2, 0.25) is 5.91 Å². The van der Waals surface area contributed by atoms with Crippen LogP contribution in [0.4, 0.5) is 5.13 Å². The molecule has 0 spiro atoms. The maximum atomic E-state index is 12.4. The average molecular weight is 480 g/mol. The minimum absolute atomic E-state index is 0.137. The van der Waals surface area contributed by atoms with Crippen LogP contribution in [-0.2, 0) is 18.4 Å². The second-order valence-corrected chi connectivity index (χ2v) is 9.54. The molecule has 0 aliphatic carbocycles. The molecule has 9 heteroatoms. The quantitative estimate of drug-likeness (QED) is 0.351. The van der Waals surface area contributed by atoms with Crippen molar-refractivity contribution in [2.24, 2.45) is 7.05 Å². The van der Waals surface area contributed by atoms with E-state index in [0.717, 1.165) is 22.6 Å². The van der Waals surface area contributed by atoms with Gasteiger partial charge in [-0.05, 0) is 55.7 Å². The van der Waals surface area contributed by atoms with Gasteiger partial charge in [-0.3, -0.25) is 4.79 Å². The highest BCUT2D eigenvalue weighted by Crippen LogP contribution is 2.27. The van der Waals surface area contributed by atoms with Gasteiger partial charge in [0.05, 0.1) is 11.4 Å². The first kappa shape index (κ1) is 23.0. The number of anilines is 1. The van der Waals surface area contributed by atoms with E-state index < -0.39 is 0 Å². The summed E-state index contributed by atoms with van der Waals surface area (Å²) in [6.45, 7) is 6.49. The van der Waals surface area contributed by atoms with Gasteiger partial charge in [0.1, 0.15) is 12.4 Å². The van der Waals surface area contributed by atoms with Crippen LogP contribution in [0.3, 0.4) is 0 Å². The fourth-order valence-electron chi connectivity index (χ4n) is 3.10. The van der Waals surface area contributed by atoms with E-state index in [-0.39, 0.29) is 11.7 Å². The number of carbonyl (C=O) groups is 1. The summed E-state index contributed by atoms with van der Waals surface area (Å²) in [4.78, 5) is 17.0. The molecule has 2 aromatic carbocycles. The number of nitrogens with one attached hydrogen (secondary N) is 1. The highest BCUT2D eigenvalue weighted by Gasteiger charge is 2.14. The fraction of sp³-hybridized carbons (Fsp3) is 0.250. The number of nitrogens with zero attached hydrogens (tertiary/aromatic N) is 4. The smallest absolute Gasteiger partial charge is 0.236 e. The van der Waals surface area contributed by atoms with Crippen molar-refractivity contribution in [2.75, 3.05) is 11.1 Å². The number of thioether (sulfide) groups is 1. The Labute approximate surface area is 201 Å². The first-order chi connectivity index (χ1) is 15.9. The number of aromatic nitrogens is 4. The third-order valence-corrected chi connectivity index (χ3v) is 6.95. The molecule has 0 bridgehead atoms. The van der Waals surface area contributed by atoms with Crippen LogP contribution in [0.25, 0.3) is 11.3 Å². The minimum atomic E-state index is -0.137. The Morgan fingerprint density at radius 1 is 1.12 bits per heavy atom. The summed E-state index contributed by atoms with van der Waals surface area (Å²) in [5.41, 5.74) is 5.50. The summed E-state index contributed by atoms with van der Waals surface area (Å²) in [7, 11) is 1.87. The van der Waals surface area contributed by atoms with Crippen molar-refractivity contribution in [2.45, 2.75) is 32.5 Å². The van der Waals surface area contributed by atoms with Gasteiger partial charge in [-0.25, -0.2) is 4.98 Å². The molecule has 0 saturated heterocycles. The molecule has 1 amide bonds. The number of rotatable bonds is 8. The van der Waals surface area contributed by atoms with Crippen LogP contribution in [0.15, 0.2) is 53.0 Å². The number of ether oxygens (including phenoxy) is 1. The maximum absolute atomic E-state index is 12.4. The monoisotopic (exact) mass is 479 g/mol. The summed E-state index contributed by atoms with van der Waals surface area (Å²) in [6.07, 6.45) is 0. The molecule has 33 heavy (non-hydrogen) atoms. The normalized spacial score (nSPS) is 10.9. The van der Waals surface area contributed by atoms with Crippen molar-refractivity contribution in [3.8, 4) is 17.0 Å². The van der Waals surface area contributed by atoms with E-state index in [4.69, 9.17) is 4.74 Å². The zero-order chi connectivity index (χ0) is 23.4. The Kier molecular flexibility index (Phi) is 7.10.